The topological polar surface area (TPSA) is 56.2 Å². The molecule has 0 aromatic carbocycles. The Bertz CT molecular complexity index is 343. The number of hydrogen-bond acceptors (Lipinski definition) is 4. The predicted molar refractivity (Wildman–Crippen MR) is 44.7 cm³/mol. The van der Waals surface area contributed by atoms with Crippen LogP contribution in [0.5, 0.6) is 0 Å². The summed E-state index contributed by atoms with van der Waals surface area (Å²) in [6.45, 7) is 2.07. The zero-order chi connectivity index (χ0) is 7.84. The van der Waals surface area contributed by atoms with E-state index < -0.39 is 0 Å². The van der Waals surface area contributed by atoms with Gasteiger partial charge in [0.25, 0.3) is 0 Å². The number of anilines is 1. The van der Waals surface area contributed by atoms with Crippen molar-refractivity contribution in [3.05, 3.63) is 11.9 Å². The Balaban J connectivity index is 2.64. The highest BCUT2D eigenvalue weighted by molar-refractivity contribution is 7.20. The summed E-state index contributed by atoms with van der Waals surface area (Å²) in [4.78, 5) is 5.17. The van der Waals surface area contributed by atoms with Crippen molar-refractivity contribution in [2.24, 2.45) is 0 Å². The van der Waals surface area contributed by atoms with Gasteiger partial charge in [0.15, 0.2) is 0 Å². The monoisotopic (exact) mass is 168 g/mol. The van der Waals surface area contributed by atoms with Crippen LogP contribution in [0.15, 0.2) is 6.20 Å². The van der Waals surface area contributed by atoms with Crippen LogP contribution in [0.4, 0.5) is 5.13 Å². The fourth-order valence-electron chi connectivity index (χ4n) is 0.931. The predicted octanol–water partition coefficient (Wildman–Crippen LogP) is 0.935. The molecule has 0 saturated heterocycles. The maximum atomic E-state index is 5.47. The Labute approximate surface area is 67.7 Å². The van der Waals surface area contributed by atoms with Gasteiger partial charge in [0.1, 0.15) is 0 Å². The lowest BCUT2D eigenvalue weighted by atomic mass is 10.4. The molecule has 0 amide bonds. The lowest BCUT2D eigenvalue weighted by molar-refractivity contribution is 0.969. The summed E-state index contributed by atoms with van der Waals surface area (Å²) in [7, 11) is 0. The van der Waals surface area contributed by atoms with E-state index in [2.05, 4.69) is 17.0 Å². The van der Waals surface area contributed by atoms with E-state index >= 15 is 0 Å². The van der Waals surface area contributed by atoms with Crippen LogP contribution in [0.1, 0.15) is 12.6 Å². The molecule has 2 aromatic rings. The number of hydrogen-bond donors (Lipinski definition) is 1. The van der Waals surface area contributed by atoms with Crippen LogP contribution in [0, 0.1) is 0 Å². The molecule has 0 saturated carbocycles. The molecule has 0 atom stereocenters. The van der Waals surface area contributed by atoms with Crippen molar-refractivity contribution >= 4 is 21.4 Å². The van der Waals surface area contributed by atoms with Crippen LogP contribution in [-0.4, -0.2) is 14.6 Å². The minimum Gasteiger partial charge on any atom is -0.374 e. The summed E-state index contributed by atoms with van der Waals surface area (Å²) in [6.07, 6.45) is 2.85. The molecule has 0 bridgehead atoms. The van der Waals surface area contributed by atoms with E-state index in [1.165, 1.54) is 11.3 Å². The Morgan fingerprint density at radius 2 is 2.55 bits per heavy atom. The van der Waals surface area contributed by atoms with Gasteiger partial charge in [0, 0.05) is 0 Å². The van der Waals surface area contributed by atoms with Gasteiger partial charge in [-0.2, -0.15) is 0 Å². The molecule has 0 unspecified atom stereocenters. The number of aromatic nitrogens is 3. The van der Waals surface area contributed by atoms with Crippen LogP contribution in [0.25, 0.3) is 4.96 Å². The van der Waals surface area contributed by atoms with E-state index in [4.69, 9.17) is 5.73 Å². The molecule has 2 heterocycles. The number of fused-ring (bicyclic) bond motifs is 1. The number of aryl methyl sites for hydroxylation is 1. The van der Waals surface area contributed by atoms with E-state index in [1.807, 2.05) is 6.20 Å². The standard InChI is InChI=1S/C6H8N4S/c1-2-4-3-10-6(8-4)11-5(7)9-10/h3H,2H2,1H3,(H2,7,9). The van der Waals surface area contributed by atoms with Gasteiger partial charge < -0.3 is 5.73 Å². The molecule has 0 spiro atoms. The number of rotatable bonds is 1. The maximum Gasteiger partial charge on any atom is 0.214 e. The van der Waals surface area contributed by atoms with Crippen molar-refractivity contribution in [1.29, 1.82) is 0 Å². The third kappa shape index (κ3) is 0.970. The highest BCUT2D eigenvalue weighted by Gasteiger charge is 2.03. The van der Waals surface area contributed by atoms with E-state index in [0.717, 1.165) is 17.1 Å². The van der Waals surface area contributed by atoms with Crippen molar-refractivity contribution in [1.82, 2.24) is 14.6 Å². The van der Waals surface area contributed by atoms with Crippen LogP contribution in [-0.2, 0) is 6.42 Å². The molecule has 5 heteroatoms. The van der Waals surface area contributed by atoms with Gasteiger partial charge in [-0.1, -0.05) is 18.3 Å². The van der Waals surface area contributed by atoms with E-state index in [0.29, 0.717) is 5.13 Å². The van der Waals surface area contributed by atoms with E-state index in [-0.39, 0.29) is 0 Å². The zero-order valence-corrected chi connectivity index (χ0v) is 6.93. The van der Waals surface area contributed by atoms with Crippen molar-refractivity contribution in [3.63, 3.8) is 0 Å². The molecular formula is C6H8N4S. The van der Waals surface area contributed by atoms with E-state index in [9.17, 15) is 0 Å². The largest absolute Gasteiger partial charge is 0.374 e. The lowest BCUT2D eigenvalue weighted by Crippen LogP contribution is -1.85. The normalized spacial score (nSPS) is 11.0. The molecular weight excluding hydrogens is 160 g/mol. The molecule has 0 fully saturated rings. The van der Waals surface area contributed by atoms with Crippen LogP contribution < -0.4 is 5.73 Å². The Morgan fingerprint density at radius 1 is 1.73 bits per heavy atom. The third-order valence-corrected chi connectivity index (χ3v) is 2.22. The molecule has 0 aliphatic rings. The number of nitrogens with two attached hydrogens (primary N) is 1. The lowest BCUT2D eigenvalue weighted by Gasteiger charge is -1.80. The quantitative estimate of drug-likeness (QED) is 0.689. The molecule has 2 aromatic heterocycles. The first kappa shape index (κ1) is 6.60. The average Bonchev–Trinajstić information content (AvgIpc) is 2.43. The average molecular weight is 168 g/mol. The molecule has 0 aliphatic carbocycles. The number of nitrogen functional groups attached to an aromatic ring is 1. The Hall–Kier alpha value is -1.10. The molecule has 2 N–H and O–H groups in total. The second-order valence-corrected chi connectivity index (χ2v) is 3.24. The van der Waals surface area contributed by atoms with Gasteiger partial charge in [-0.25, -0.2) is 9.50 Å². The highest BCUT2D eigenvalue weighted by atomic mass is 32.1. The number of nitrogens with zero attached hydrogens (tertiary/aromatic N) is 3. The smallest absolute Gasteiger partial charge is 0.214 e. The Morgan fingerprint density at radius 3 is 3.18 bits per heavy atom. The third-order valence-electron chi connectivity index (χ3n) is 1.47. The second-order valence-electron chi connectivity index (χ2n) is 2.25. The van der Waals surface area contributed by atoms with Crippen LogP contribution in [0.2, 0.25) is 0 Å². The fourth-order valence-corrected chi connectivity index (χ4v) is 1.60. The minimum absolute atomic E-state index is 0.565. The SMILES string of the molecule is CCc1cn2nc(N)sc2n1. The molecule has 0 aliphatic heterocycles. The van der Waals surface area contributed by atoms with Crippen molar-refractivity contribution in [2.45, 2.75) is 13.3 Å². The summed E-state index contributed by atoms with van der Waals surface area (Å²) < 4.78 is 1.72. The first-order valence-electron chi connectivity index (χ1n) is 3.40. The van der Waals surface area contributed by atoms with Crippen molar-refractivity contribution in [3.8, 4) is 0 Å². The van der Waals surface area contributed by atoms with Gasteiger partial charge in [-0.05, 0) is 6.42 Å². The first-order chi connectivity index (χ1) is 5.29. The van der Waals surface area contributed by atoms with Crippen molar-refractivity contribution < 1.29 is 0 Å². The molecule has 11 heavy (non-hydrogen) atoms. The van der Waals surface area contributed by atoms with Crippen LogP contribution in [0.3, 0.4) is 0 Å². The van der Waals surface area contributed by atoms with Crippen molar-refractivity contribution in [2.75, 3.05) is 5.73 Å². The molecule has 58 valence electrons. The molecule has 2 rings (SSSR count). The number of imidazole rings is 1. The fraction of sp³-hybridized carbons (Fsp3) is 0.333. The maximum absolute atomic E-state index is 5.47. The zero-order valence-electron chi connectivity index (χ0n) is 6.11. The first-order valence-corrected chi connectivity index (χ1v) is 4.22. The summed E-state index contributed by atoms with van der Waals surface area (Å²) >= 11 is 1.41. The van der Waals surface area contributed by atoms with Gasteiger partial charge in [0.05, 0.1) is 11.9 Å². The van der Waals surface area contributed by atoms with Gasteiger partial charge in [0.2, 0.25) is 10.1 Å². The van der Waals surface area contributed by atoms with Gasteiger partial charge in [-0.15, -0.1) is 5.10 Å². The summed E-state index contributed by atoms with van der Waals surface area (Å²) in [6, 6.07) is 0. The summed E-state index contributed by atoms with van der Waals surface area (Å²) in [5, 5.41) is 4.60. The van der Waals surface area contributed by atoms with E-state index in [1.54, 1.807) is 4.52 Å². The molecule has 0 radical (unpaired) electrons. The second kappa shape index (κ2) is 2.20. The highest BCUT2D eigenvalue weighted by Crippen LogP contribution is 2.15. The summed E-state index contributed by atoms with van der Waals surface area (Å²) in [5.41, 5.74) is 6.53. The van der Waals surface area contributed by atoms with Gasteiger partial charge in [-0.3, -0.25) is 0 Å². The Kier molecular flexibility index (Phi) is 1.32. The van der Waals surface area contributed by atoms with Crippen LogP contribution >= 0.6 is 11.3 Å². The minimum atomic E-state index is 0.565. The molecule has 4 nitrogen and oxygen atoms in total. The summed E-state index contributed by atoms with van der Waals surface area (Å²) in [5.74, 6) is 0. The van der Waals surface area contributed by atoms with Gasteiger partial charge >= 0.3 is 0 Å².